The monoisotopic (exact) mass is 210 g/mol. The predicted molar refractivity (Wildman–Crippen MR) is 52.2 cm³/mol. The molecular weight excluding hydrogens is 196 g/mol. The van der Waals surface area contributed by atoms with Gasteiger partial charge in [-0.2, -0.15) is 0 Å². The molecule has 15 heavy (non-hydrogen) atoms. The van der Waals surface area contributed by atoms with Crippen molar-refractivity contribution in [3.8, 4) is 0 Å². The molecule has 1 aliphatic rings. The lowest BCUT2D eigenvalue weighted by molar-refractivity contribution is 0.0915. The number of aromatic nitrogens is 1. The number of hydrogen-bond donors (Lipinski definition) is 2. The van der Waals surface area contributed by atoms with Gasteiger partial charge in [0.2, 0.25) is 0 Å². The zero-order valence-corrected chi connectivity index (χ0v) is 8.35. The van der Waals surface area contributed by atoms with Crippen LogP contribution >= 0.6 is 0 Å². The Morgan fingerprint density at radius 2 is 2.53 bits per heavy atom. The maximum Gasteiger partial charge on any atom is 0.273 e. The SMILES string of the molecule is O=C(NC(CCO)C1CC1)c1ccon1. The van der Waals surface area contributed by atoms with Gasteiger partial charge in [-0.05, 0) is 25.2 Å². The zero-order valence-electron chi connectivity index (χ0n) is 8.35. The minimum Gasteiger partial charge on any atom is -0.396 e. The average Bonchev–Trinajstić information content (AvgIpc) is 2.92. The molecule has 1 aromatic rings. The van der Waals surface area contributed by atoms with Gasteiger partial charge in [-0.15, -0.1) is 0 Å². The first-order valence-corrected chi connectivity index (χ1v) is 5.13. The molecule has 5 nitrogen and oxygen atoms in total. The van der Waals surface area contributed by atoms with Crippen molar-refractivity contribution >= 4 is 5.91 Å². The van der Waals surface area contributed by atoms with Crippen LogP contribution in [0.2, 0.25) is 0 Å². The van der Waals surface area contributed by atoms with Crippen LogP contribution in [0.15, 0.2) is 16.9 Å². The Bertz CT molecular complexity index is 319. The highest BCUT2D eigenvalue weighted by Gasteiger charge is 2.32. The van der Waals surface area contributed by atoms with E-state index in [-0.39, 0.29) is 18.6 Å². The second-order valence-electron chi connectivity index (χ2n) is 3.81. The molecule has 0 saturated heterocycles. The number of nitrogens with zero attached hydrogens (tertiary/aromatic N) is 1. The van der Waals surface area contributed by atoms with Crippen molar-refractivity contribution in [2.45, 2.75) is 25.3 Å². The molecule has 1 saturated carbocycles. The van der Waals surface area contributed by atoms with E-state index in [4.69, 9.17) is 5.11 Å². The summed E-state index contributed by atoms with van der Waals surface area (Å²) in [7, 11) is 0. The van der Waals surface area contributed by atoms with Crippen molar-refractivity contribution in [3.05, 3.63) is 18.0 Å². The fraction of sp³-hybridized carbons (Fsp3) is 0.600. The van der Waals surface area contributed by atoms with Crippen molar-refractivity contribution in [1.82, 2.24) is 10.5 Å². The van der Waals surface area contributed by atoms with Gasteiger partial charge in [0.05, 0.1) is 0 Å². The average molecular weight is 210 g/mol. The van der Waals surface area contributed by atoms with Gasteiger partial charge < -0.3 is 14.9 Å². The molecule has 2 N–H and O–H groups in total. The molecule has 1 unspecified atom stereocenters. The van der Waals surface area contributed by atoms with E-state index in [0.717, 1.165) is 12.8 Å². The van der Waals surface area contributed by atoms with Gasteiger partial charge in [0.1, 0.15) is 6.26 Å². The molecule has 0 bridgehead atoms. The highest BCUT2D eigenvalue weighted by molar-refractivity contribution is 5.92. The lowest BCUT2D eigenvalue weighted by atomic mass is 10.1. The van der Waals surface area contributed by atoms with Crippen molar-refractivity contribution in [2.75, 3.05) is 6.61 Å². The standard InChI is InChI=1S/C10H14N2O3/c13-5-3-8(7-1-2-7)11-10(14)9-4-6-15-12-9/h4,6-8,13H,1-3,5H2,(H,11,14). The summed E-state index contributed by atoms with van der Waals surface area (Å²) in [4.78, 5) is 11.6. The van der Waals surface area contributed by atoms with Gasteiger partial charge in [0.25, 0.3) is 5.91 Å². The molecular formula is C10H14N2O3. The van der Waals surface area contributed by atoms with Crippen LogP contribution in [0, 0.1) is 5.92 Å². The van der Waals surface area contributed by atoms with Gasteiger partial charge in [0.15, 0.2) is 5.69 Å². The van der Waals surface area contributed by atoms with Gasteiger partial charge in [0, 0.05) is 18.7 Å². The van der Waals surface area contributed by atoms with E-state index in [1.807, 2.05) is 0 Å². The summed E-state index contributed by atoms with van der Waals surface area (Å²) in [6.45, 7) is 0.0975. The van der Waals surface area contributed by atoms with E-state index in [1.54, 1.807) is 0 Å². The molecule has 5 heteroatoms. The molecule has 1 amide bonds. The number of carbonyl (C=O) groups excluding carboxylic acids is 1. The van der Waals surface area contributed by atoms with Crippen LogP contribution in [0.3, 0.4) is 0 Å². The van der Waals surface area contributed by atoms with E-state index in [9.17, 15) is 4.79 Å². The van der Waals surface area contributed by atoms with Crippen LogP contribution in [0.25, 0.3) is 0 Å². The minimum atomic E-state index is -0.228. The second-order valence-corrected chi connectivity index (χ2v) is 3.81. The Kier molecular flexibility index (Phi) is 3.01. The predicted octanol–water partition coefficient (Wildman–Crippen LogP) is 0.565. The third-order valence-electron chi connectivity index (χ3n) is 2.62. The molecule has 82 valence electrons. The van der Waals surface area contributed by atoms with E-state index in [1.165, 1.54) is 12.3 Å². The molecule has 0 aromatic carbocycles. The Balaban J connectivity index is 1.91. The smallest absolute Gasteiger partial charge is 0.273 e. The summed E-state index contributed by atoms with van der Waals surface area (Å²) in [5.41, 5.74) is 0.290. The summed E-state index contributed by atoms with van der Waals surface area (Å²) in [6, 6.07) is 1.59. The number of carbonyl (C=O) groups is 1. The van der Waals surface area contributed by atoms with Crippen molar-refractivity contribution in [2.24, 2.45) is 5.92 Å². The summed E-state index contributed by atoms with van der Waals surface area (Å²) < 4.78 is 4.59. The molecule has 1 atom stereocenters. The quantitative estimate of drug-likeness (QED) is 0.744. The van der Waals surface area contributed by atoms with E-state index in [2.05, 4.69) is 15.0 Å². The highest BCUT2D eigenvalue weighted by atomic mass is 16.5. The lowest BCUT2D eigenvalue weighted by Crippen LogP contribution is -2.37. The Morgan fingerprint density at radius 3 is 3.07 bits per heavy atom. The fourth-order valence-corrected chi connectivity index (χ4v) is 1.64. The first kappa shape index (κ1) is 10.2. The summed E-state index contributed by atoms with van der Waals surface area (Å²) >= 11 is 0. The van der Waals surface area contributed by atoms with Gasteiger partial charge in [-0.25, -0.2) is 0 Å². The molecule has 0 spiro atoms. The molecule has 0 aliphatic heterocycles. The lowest BCUT2D eigenvalue weighted by Gasteiger charge is -2.15. The number of aliphatic hydroxyl groups excluding tert-OH is 1. The summed E-state index contributed by atoms with van der Waals surface area (Å²) in [6.07, 6.45) is 4.23. The van der Waals surface area contributed by atoms with Crippen molar-refractivity contribution < 1.29 is 14.4 Å². The number of aliphatic hydroxyl groups is 1. The molecule has 1 fully saturated rings. The van der Waals surface area contributed by atoms with Crippen LogP contribution in [0.1, 0.15) is 29.8 Å². The van der Waals surface area contributed by atoms with Crippen LogP contribution in [-0.4, -0.2) is 28.8 Å². The Morgan fingerprint density at radius 1 is 1.73 bits per heavy atom. The molecule has 1 aromatic heterocycles. The van der Waals surface area contributed by atoms with E-state index in [0.29, 0.717) is 18.0 Å². The van der Waals surface area contributed by atoms with E-state index < -0.39 is 0 Å². The third-order valence-corrected chi connectivity index (χ3v) is 2.62. The highest BCUT2D eigenvalue weighted by Crippen LogP contribution is 2.33. The second kappa shape index (κ2) is 4.44. The summed E-state index contributed by atoms with van der Waals surface area (Å²) in [5, 5.41) is 15.3. The largest absolute Gasteiger partial charge is 0.396 e. The van der Waals surface area contributed by atoms with Crippen LogP contribution < -0.4 is 5.32 Å². The first-order chi connectivity index (χ1) is 7.31. The number of nitrogens with one attached hydrogen (secondary N) is 1. The van der Waals surface area contributed by atoms with Crippen molar-refractivity contribution in [3.63, 3.8) is 0 Å². The molecule has 1 aliphatic carbocycles. The van der Waals surface area contributed by atoms with Gasteiger partial charge in [-0.3, -0.25) is 4.79 Å². The summed E-state index contributed by atoms with van der Waals surface area (Å²) in [5.74, 6) is 0.294. The zero-order chi connectivity index (χ0) is 10.7. The Labute approximate surface area is 87.5 Å². The van der Waals surface area contributed by atoms with Crippen LogP contribution in [-0.2, 0) is 0 Å². The number of hydrogen-bond acceptors (Lipinski definition) is 4. The third kappa shape index (κ3) is 2.56. The molecule has 0 radical (unpaired) electrons. The molecule has 2 rings (SSSR count). The minimum absolute atomic E-state index is 0.0687. The van der Waals surface area contributed by atoms with E-state index >= 15 is 0 Å². The van der Waals surface area contributed by atoms with Crippen LogP contribution in [0.5, 0.6) is 0 Å². The molecule has 1 heterocycles. The van der Waals surface area contributed by atoms with Gasteiger partial charge >= 0.3 is 0 Å². The Hall–Kier alpha value is -1.36. The van der Waals surface area contributed by atoms with Crippen LogP contribution in [0.4, 0.5) is 0 Å². The van der Waals surface area contributed by atoms with Gasteiger partial charge in [-0.1, -0.05) is 5.16 Å². The van der Waals surface area contributed by atoms with Crippen molar-refractivity contribution in [1.29, 1.82) is 0 Å². The topological polar surface area (TPSA) is 75.4 Å². The fourth-order valence-electron chi connectivity index (χ4n) is 1.64. The maximum atomic E-state index is 11.6. The number of rotatable bonds is 5. The first-order valence-electron chi connectivity index (χ1n) is 5.13. The maximum absolute atomic E-state index is 11.6. The number of amides is 1. The normalized spacial score (nSPS) is 17.4.